The van der Waals surface area contributed by atoms with E-state index in [2.05, 4.69) is 20.6 Å². The summed E-state index contributed by atoms with van der Waals surface area (Å²) in [6.45, 7) is 5.83. The van der Waals surface area contributed by atoms with Crippen molar-refractivity contribution in [3.63, 3.8) is 0 Å². The van der Waals surface area contributed by atoms with E-state index in [1.54, 1.807) is 0 Å². The number of aryl methyl sites for hydroxylation is 1. The molecule has 1 aliphatic rings. The fourth-order valence-electron chi connectivity index (χ4n) is 4.36. The highest BCUT2D eigenvalue weighted by molar-refractivity contribution is 6.30. The number of nitrogens with one attached hydrogen (secondary N) is 2. The van der Waals surface area contributed by atoms with Crippen LogP contribution in [0.2, 0.25) is 5.02 Å². The van der Waals surface area contributed by atoms with E-state index >= 15 is 0 Å². The summed E-state index contributed by atoms with van der Waals surface area (Å²) in [4.78, 5) is 27.2. The second kappa shape index (κ2) is 10.8. The quantitative estimate of drug-likeness (QED) is 0.538. The summed E-state index contributed by atoms with van der Waals surface area (Å²) in [7, 11) is 0. The number of anilines is 1. The van der Waals surface area contributed by atoms with Crippen molar-refractivity contribution >= 4 is 29.1 Å². The van der Waals surface area contributed by atoms with Crippen molar-refractivity contribution in [1.29, 1.82) is 0 Å². The van der Waals surface area contributed by atoms with Crippen LogP contribution in [0.5, 0.6) is 0 Å². The molecule has 0 saturated carbocycles. The molecule has 8 heteroatoms. The number of benzene rings is 2. The number of nitrogens with zero attached hydrogens (tertiary/aromatic N) is 3. The number of hydrogen-bond acceptors (Lipinski definition) is 4. The summed E-state index contributed by atoms with van der Waals surface area (Å²) in [5, 5.41) is 11.4. The van der Waals surface area contributed by atoms with E-state index < -0.39 is 0 Å². The SMILES string of the molecule is Cc1nn(-c2ccc(Cl)cc2)c(C)c1CC(=O)NC1CCN(CC(=O)Nc2ccccc2)CC1. The summed E-state index contributed by atoms with van der Waals surface area (Å²) >= 11 is 6.00. The lowest BCUT2D eigenvalue weighted by Crippen LogP contribution is -2.46. The van der Waals surface area contributed by atoms with Gasteiger partial charge in [-0.2, -0.15) is 5.10 Å². The Balaban J connectivity index is 1.26. The predicted molar refractivity (Wildman–Crippen MR) is 134 cm³/mol. The minimum atomic E-state index is -0.0164. The van der Waals surface area contributed by atoms with E-state index in [0.717, 1.165) is 54.3 Å². The smallest absolute Gasteiger partial charge is 0.238 e. The van der Waals surface area contributed by atoms with E-state index in [1.807, 2.05) is 73.1 Å². The number of carbonyl (C=O) groups excluding carboxylic acids is 2. The highest BCUT2D eigenvalue weighted by atomic mass is 35.5. The van der Waals surface area contributed by atoms with Crippen LogP contribution in [0.3, 0.4) is 0 Å². The van der Waals surface area contributed by atoms with Crippen molar-refractivity contribution < 1.29 is 9.59 Å². The van der Waals surface area contributed by atoms with Gasteiger partial charge in [0, 0.05) is 41.1 Å². The molecular weight excluding hydrogens is 450 g/mol. The molecular formula is C26H30ClN5O2. The molecule has 7 nitrogen and oxygen atoms in total. The molecule has 2 N–H and O–H groups in total. The molecule has 2 amide bonds. The maximum atomic E-state index is 12.8. The molecule has 1 aliphatic heterocycles. The first-order valence-electron chi connectivity index (χ1n) is 11.6. The molecule has 0 bridgehead atoms. The number of halogens is 1. The van der Waals surface area contributed by atoms with Gasteiger partial charge in [0.2, 0.25) is 11.8 Å². The molecule has 0 spiro atoms. The summed E-state index contributed by atoms with van der Waals surface area (Å²) in [5.74, 6) is -0.0144. The molecule has 0 atom stereocenters. The Hall–Kier alpha value is -3.16. The molecule has 1 fully saturated rings. The van der Waals surface area contributed by atoms with Crippen LogP contribution in [0.25, 0.3) is 5.69 Å². The number of rotatable bonds is 7. The third-order valence-electron chi connectivity index (χ3n) is 6.23. The van der Waals surface area contributed by atoms with Crippen LogP contribution >= 0.6 is 11.6 Å². The van der Waals surface area contributed by atoms with Gasteiger partial charge in [-0.3, -0.25) is 14.5 Å². The third-order valence-corrected chi connectivity index (χ3v) is 6.48. The van der Waals surface area contributed by atoms with E-state index in [-0.39, 0.29) is 17.9 Å². The van der Waals surface area contributed by atoms with Gasteiger partial charge in [-0.1, -0.05) is 29.8 Å². The number of carbonyl (C=O) groups is 2. The molecule has 1 aromatic heterocycles. The first-order valence-corrected chi connectivity index (χ1v) is 11.9. The maximum absolute atomic E-state index is 12.8. The summed E-state index contributed by atoms with van der Waals surface area (Å²) in [6.07, 6.45) is 1.95. The Morgan fingerprint density at radius 2 is 1.68 bits per heavy atom. The second-order valence-corrected chi connectivity index (χ2v) is 9.18. The van der Waals surface area contributed by atoms with Crippen molar-refractivity contribution in [2.75, 3.05) is 25.0 Å². The van der Waals surface area contributed by atoms with Gasteiger partial charge in [0.25, 0.3) is 0 Å². The standard InChI is InChI=1S/C26H30ClN5O2/c1-18-24(19(2)32(30-18)23-10-8-20(27)9-11-23)16-25(33)28-22-12-14-31(15-13-22)17-26(34)29-21-6-4-3-5-7-21/h3-11,22H,12-17H2,1-2H3,(H,28,33)(H,29,34). The van der Waals surface area contributed by atoms with Gasteiger partial charge in [0.05, 0.1) is 24.3 Å². The van der Waals surface area contributed by atoms with Gasteiger partial charge < -0.3 is 10.6 Å². The lowest BCUT2D eigenvalue weighted by atomic mass is 10.0. The molecule has 0 radical (unpaired) electrons. The predicted octanol–water partition coefficient (Wildman–Crippen LogP) is 3.90. The van der Waals surface area contributed by atoms with Crippen LogP contribution in [0.1, 0.15) is 29.8 Å². The molecule has 1 saturated heterocycles. The first kappa shape index (κ1) is 24.0. The van der Waals surface area contributed by atoms with Gasteiger partial charge in [0.1, 0.15) is 0 Å². The van der Waals surface area contributed by atoms with Crippen LogP contribution in [0, 0.1) is 13.8 Å². The second-order valence-electron chi connectivity index (χ2n) is 8.75. The van der Waals surface area contributed by atoms with Gasteiger partial charge in [-0.05, 0) is 63.1 Å². The number of aromatic nitrogens is 2. The molecule has 0 unspecified atom stereocenters. The molecule has 2 aromatic carbocycles. The fraction of sp³-hybridized carbons (Fsp3) is 0.346. The van der Waals surface area contributed by atoms with Crippen molar-refractivity contribution in [2.45, 2.75) is 39.2 Å². The van der Waals surface area contributed by atoms with Gasteiger partial charge in [-0.25, -0.2) is 4.68 Å². The first-order chi connectivity index (χ1) is 16.4. The van der Waals surface area contributed by atoms with Gasteiger partial charge in [0.15, 0.2) is 0 Å². The molecule has 4 rings (SSSR count). The molecule has 2 heterocycles. The summed E-state index contributed by atoms with van der Waals surface area (Å²) in [5.41, 5.74) is 4.47. The Labute approximate surface area is 205 Å². The topological polar surface area (TPSA) is 79.3 Å². The molecule has 0 aliphatic carbocycles. The summed E-state index contributed by atoms with van der Waals surface area (Å²) < 4.78 is 1.85. The number of amides is 2. The van der Waals surface area contributed by atoms with E-state index in [1.165, 1.54) is 0 Å². The van der Waals surface area contributed by atoms with Crippen LogP contribution in [-0.2, 0) is 16.0 Å². The number of piperidine rings is 1. The largest absolute Gasteiger partial charge is 0.353 e. The van der Waals surface area contributed by atoms with E-state index in [9.17, 15) is 9.59 Å². The molecule has 3 aromatic rings. The Bertz CT molecular complexity index is 1140. The number of hydrogen-bond donors (Lipinski definition) is 2. The molecule has 178 valence electrons. The number of likely N-dealkylation sites (tertiary alicyclic amines) is 1. The molecule has 34 heavy (non-hydrogen) atoms. The number of para-hydroxylation sites is 1. The van der Waals surface area contributed by atoms with Crippen LogP contribution in [0.15, 0.2) is 54.6 Å². The van der Waals surface area contributed by atoms with E-state index in [4.69, 9.17) is 11.6 Å². The Kier molecular flexibility index (Phi) is 7.65. The van der Waals surface area contributed by atoms with Crippen molar-refractivity contribution in [3.8, 4) is 5.69 Å². The average Bonchev–Trinajstić information content (AvgIpc) is 3.10. The van der Waals surface area contributed by atoms with Crippen LogP contribution in [0.4, 0.5) is 5.69 Å². The normalized spacial score (nSPS) is 14.7. The van der Waals surface area contributed by atoms with Crippen LogP contribution < -0.4 is 10.6 Å². The minimum Gasteiger partial charge on any atom is -0.353 e. The van der Waals surface area contributed by atoms with Gasteiger partial charge >= 0.3 is 0 Å². The monoisotopic (exact) mass is 479 g/mol. The highest BCUT2D eigenvalue weighted by Crippen LogP contribution is 2.20. The average molecular weight is 480 g/mol. The van der Waals surface area contributed by atoms with Crippen LogP contribution in [-0.4, -0.2) is 52.2 Å². The third kappa shape index (κ3) is 6.04. The van der Waals surface area contributed by atoms with Crippen molar-refractivity contribution in [2.24, 2.45) is 0 Å². The zero-order chi connectivity index (χ0) is 24.1. The zero-order valence-electron chi connectivity index (χ0n) is 19.6. The van der Waals surface area contributed by atoms with Crippen molar-refractivity contribution in [1.82, 2.24) is 20.0 Å². The zero-order valence-corrected chi connectivity index (χ0v) is 20.3. The lowest BCUT2D eigenvalue weighted by molar-refractivity contribution is -0.122. The van der Waals surface area contributed by atoms with E-state index in [0.29, 0.717) is 18.0 Å². The lowest BCUT2D eigenvalue weighted by Gasteiger charge is -2.31. The Morgan fingerprint density at radius 1 is 1.00 bits per heavy atom. The fourth-order valence-corrected chi connectivity index (χ4v) is 4.49. The summed E-state index contributed by atoms with van der Waals surface area (Å²) in [6, 6.07) is 17.1. The maximum Gasteiger partial charge on any atom is 0.238 e. The van der Waals surface area contributed by atoms with Gasteiger partial charge in [-0.15, -0.1) is 0 Å². The Morgan fingerprint density at radius 3 is 2.35 bits per heavy atom. The van der Waals surface area contributed by atoms with Crippen molar-refractivity contribution in [3.05, 3.63) is 76.6 Å². The highest BCUT2D eigenvalue weighted by Gasteiger charge is 2.23. The minimum absolute atomic E-state index is 0.00197.